The van der Waals surface area contributed by atoms with Crippen molar-refractivity contribution < 1.29 is 0 Å². The Hall–Kier alpha value is -1.81. The minimum atomic E-state index is 0.911. The Morgan fingerprint density at radius 1 is 1.26 bits per heavy atom. The van der Waals surface area contributed by atoms with Crippen LogP contribution < -0.4 is 5.32 Å². The molecule has 2 N–H and O–H groups in total. The lowest BCUT2D eigenvalue weighted by molar-refractivity contribution is 1.02. The average Bonchev–Trinajstić information content (AvgIpc) is 2.95. The van der Waals surface area contributed by atoms with E-state index in [1.165, 1.54) is 21.3 Å². The summed E-state index contributed by atoms with van der Waals surface area (Å²) in [5, 5.41) is 5.74. The summed E-state index contributed by atoms with van der Waals surface area (Å²) < 4.78 is 0. The minimum Gasteiger partial charge on any atom is -0.361 e. The highest BCUT2D eigenvalue weighted by molar-refractivity contribution is 7.15. The third-order valence-corrected chi connectivity index (χ3v) is 4.40. The van der Waals surface area contributed by atoms with E-state index in [0.29, 0.717) is 0 Å². The second kappa shape index (κ2) is 5.05. The molecule has 0 fully saturated rings. The van der Waals surface area contributed by atoms with Gasteiger partial charge in [0.1, 0.15) is 0 Å². The molecule has 0 aliphatic rings. The molecule has 0 aliphatic carbocycles. The summed E-state index contributed by atoms with van der Waals surface area (Å²) in [7, 11) is 0. The number of benzene rings is 1. The van der Waals surface area contributed by atoms with Gasteiger partial charge in [0.15, 0.2) is 5.13 Å². The zero-order chi connectivity index (χ0) is 13.2. The Labute approximate surface area is 116 Å². The molecule has 0 amide bonds. The van der Waals surface area contributed by atoms with Gasteiger partial charge in [-0.3, -0.25) is 0 Å². The summed E-state index contributed by atoms with van der Waals surface area (Å²) in [6.45, 7) is 5.07. The number of hydrogen-bond donors (Lipinski definition) is 2. The van der Waals surface area contributed by atoms with Gasteiger partial charge in [-0.25, -0.2) is 4.98 Å². The molecule has 2 heterocycles. The fourth-order valence-corrected chi connectivity index (χ4v) is 3.03. The number of aromatic amines is 1. The monoisotopic (exact) mass is 271 g/mol. The van der Waals surface area contributed by atoms with Crippen molar-refractivity contribution in [3.63, 3.8) is 0 Å². The van der Waals surface area contributed by atoms with Crippen LogP contribution in [0.1, 0.15) is 16.1 Å². The molecular weight excluding hydrogens is 254 g/mol. The van der Waals surface area contributed by atoms with E-state index in [4.69, 9.17) is 0 Å². The first-order valence-corrected chi connectivity index (χ1v) is 7.28. The lowest BCUT2D eigenvalue weighted by atomic mass is 10.1. The van der Waals surface area contributed by atoms with Crippen molar-refractivity contribution in [2.45, 2.75) is 20.3 Å². The van der Waals surface area contributed by atoms with Crippen molar-refractivity contribution in [2.75, 3.05) is 11.9 Å². The molecule has 3 aromatic rings. The Morgan fingerprint density at radius 3 is 2.89 bits per heavy atom. The molecule has 1 aromatic carbocycles. The Balaban J connectivity index is 1.66. The Morgan fingerprint density at radius 2 is 2.11 bits per heavy atom. The van der Waals surface area contributed by atoms with Crippen LogP contribution in [0.3, 0.4) is 0 Å². The summed E-state index contributed by atoms with van der Waals surface area (Å²) in [4.78, 5) is 9.09. The van der Waals surface area contributed by atoms with Gasteiger partial charge in [-0.1, -0.05) is 18.2 Å². The summed E-state index contributed by atoms with van der Waals surface area (Å²) in [5.41, 5.74) is 3.69. The van der Waals surface area contributed by atoms with E-state index < -0.39 is 0 Å². The number of nitrogens with one attached hydrogen (secondary N) is 2. The molecule has 0 unspecified atom stereocenters. The molecule has 3 nitrogen and oxygen atoms in total. The molecule has 0 saturated carbocycles. The van der Waals surface area contributed by atoms with E-state index in [2.05, 4.69) is 59.6 Å². The number of anilines is 1. The maximum absolute atomic E-state index is 4.49. The number of hydrogen-bond acceptors (Lipinski definition) is 3. The van der Waals surface area contributed by atoms with Crippen molar-refractivity contribution in [2.24, 2.45) is 0 Å². The zero-order valence-electron chi connectivity index (χ0n) is 11.2. The molecule has 2 aromatic heterocycles. The van der Waals surface area contributed by atoms with Crippen LogP contribution in [0.25, 0.3) is 10.9 Å². The van der Waals surface area contributed by atoms with Crippen molar-refractivity contribution in [3.8, 4) is 0 Å². The van der Waals surface area contributed by atoms with Crippen LogP contribution in [0.4, 0.5) is 5.13 Å². The van der Waals surface area contributed by atoms with Gasteiger partial charge in [-0.05, 0) is 31.9 Å². The summed E-state index contributed by atoms with van der Waals surface area (Å²) in [5.74, 6) is 0. The molecule has 0 aliphatic heterocycles. The van der Waals surface area contributed by atoms with E-state index in [1.54, 1.807) is 11.3 Å². The normalized spacial score (nSPS) is 11.1. The first-order chi connectivity index (χ1) is 9.24. The maximum atomic E-state index is 4.49. The lowest BCUT2D eigenvalue weighted by Crippen LogP contribution is -2.04. The third-order valence-electron chi connectivity index (χ3n) is 3.37. The zero-order valence-corrected chi connectivity index (χ0v) is 12.0. The first kappa shape index (κ1) is 12.2. The van der Waals surface area contributed by atoms with Gasteiger partial charge < -0.3 is 10.3 Å². The third kappa shape index (κ3) is 2.49. The number of aryl methyl sites for hydroxylation is 2. The van der Waals surface area contributed by atoms with E-state index in [0.717, 1.165) is 23.8 Å². The Kier molecular flexibility index (Phi) is 3.25. The van der Waals surface area contributed by atoms with Crippen LogP contribution in [0, 0.1) is 13.8 Å². The molecule has 0 atom stereocenters. The quantitative estimate of drug-likeness (QED) is 0.755. The van der Waals surface area contributed by atoms with Crippen molar-refractivity contribution in [3.05, 3.63) is 46.6 Å². The molecule has 0 spiro atoms. The van der Waals surface area contributed by atoms with Crippen molar-refractivity contribution >= 4 is 27.4 Å². The molecule has 0 saturated heterocycles. The Bertz CT molecular complexity index is 677. The highest BCUT2D eigenvalue weighted by Gasteiger charge is 2.05. The smallest absolute Gasteiger partial charge is 0.183 e. The van der Waals surface area contributed by atoms with Gasteiger partial charge in [0, 0.05) is 28.5 Å². The number of aromatic nitrogens is 2. The van der Waals surface area contributed by atoms with Crippen LogP contribution >= 0.6 is 11.3 Å². The fraction of sp³-hybridized carbons (Fsp3) is 0.267. The predicted molar refractivity (Wildman–Crippen MR) is 82.1 cm³/mol. The molecule has 4 heteroatoms. The molecule has 98 valence electrons. The van der Waals surface area contributed by atoms with Crippen LogP contribution in [0.15, 0.2) is 30.5 Å². The highest BCUT2D eigenvalue weighted by Crippen LogP contribution is 2.22. The number of nitrogens with zero attached hydrogens (tertiary/aromatic N) is 1. The first-order valence-electron chi connectivity index (χ1n) is 6.47. The van der Waals surface area contributed by atoms with Crippen LogP contribution in [0.2, 0.25) is 0 Å². The number of fused-ring (bicyclic) bond motifs is 1. The number of rotatable bonds is 4. The number of thiazole rings is 1. The van der Waals surface area contributed by atoms with Crippen LogP contribution in [0.5, 0.6) is 0 Å². The van der Waals surface area contributed by atoms with E-state index in [-0.39, 0.29) is 0 Å². The lowest BCUT2D eigenvalue weighted by Gasteiger charge is -2.01. The van der Waals surface area contributed by atoms with Crippen LogP contribution in [-0.4, -0.2) is 16.5 Å². The van der Waals surface area contributed by atoms with Gasteiger partial charge in [0.2, 0.25) is 0 Å². The largest absolute Gasteiger partial charge is 0.361 e. The molecule has 19 heavy (non-hydrogen) atoms. The predicted octanol–water partition coefficient (Wildman–Crippen LogP) is 3.90. The van der Waals surface area contributed by atoms with E-state index >= 15 is 0 Å². The maximum Gasteiger partial charge on any atom is 0.183 e. The standard InChI is InChI=1S/C15H17N3S/c1-10-11(2)19-15(18-10)16-8-7-12-9-17-14-6-4-3-5-13(12)14/h3-6,9,17H,7-8H2,1-2H3,(H,16,18). The number of para-hydroxylation sites is 1. The SMILES string of the molecule is Cc1nc(NCCc2c[nH]c3ccccc23)sc1C. The summed E-state index contributed by atoms with van der Waals surface area (Å²) in [6.07, 6.45) is 3.10. The number of H-pyrrole nitrogens is 1. The van der Waals surface area contributed by atoms with Gasteiger partial charge >= 0.3 is 0 Å². The molecule has 0 radical (unpaired) electrons. The topological polar surface area (TPSA) is 40.7 Å². The second-order valence-electron chi connectivity index (χ2n) is 4.70. The second-order valence-corrected chi connectivity index (χ2v) is 5.90. The van der Waals surface area contributed by atoms with Crippen LogP contribution in [-0.2, 0) is 6.42 Å². The summed E-state index contributed by atoms with van der Waals surface area (Å²) >= 11 is 1.73. The molecule has 3 rings (SSSR count). The van der Waals surface area contributed by atoms with E-state index in [9.17, 15) is 0 Å². The van der Waals surface area contributed by atoms with Crippen molar-refractivity contribution in [1.29, 1.82) is 0 Å². The van der Waals surface area contributed by atoms with E-state index in [1.807, 2.05) is 0 Å². The minimum absolute atomic E-state index is 0.911. The fourth-order valence-electron chi connectivity index (χ4n) is 2.19. The highest BCUT2D eigenvalue weighted by atomic mass is 32.1. The summed E-state index contributed by atoms with van der Waals surface area (Å²) in [6, 6.07) is 8.42. The van der Waals surface area contributed by atoms with Gasteiger partial charge in [0.05, 0.1) is 5.69 Å². The average molecular weight is 271 g/mol. The van der Waals surface area contributed by atoms with Gasteiger partial charge in [-0.15, -0.1) is 11.3 Å². The van der Waals surface area contributed by atoms with Gasteiger partial charge in [-0.2, -0.15) is 0 Å². The molecular formula is C15H17N3S. The van der Waals surface area contributed by atoms with Gasteiger partial charge in [0.25, 0.3) is 0 Å². The molecule has 0 bridgehead atoms. The van der Waals surface area contributed by atoms with Crippen molar-refractivity contribution in [1.82, 2.24) is 9.97 Å².